The molecule has 1 atom stereocenters. The summed E-state index contributed by atoms with van der Waals surface area (Å²) in [6.45, 7) is 0. The van der Waals surface area contributed by atoms with Gasteiger partial charge in [-0.2, -0.15) is 0 Å². The van der Waals surface area contributed by atoms with E-state index in [-0.39, 0.29) is 5.56 Å². The molecule has 114 valence electrons. The number of fused-ring (bicyclic) bond motifs is 1. The van der Waals surface area contributed by atoms with E-state index in [0.29, 0.717) is 16.8 Å². The summed E-state index contributed by atoms with van der Waals surface area (Å²) in [5.74, 6) is -2.59. The molecular weight excluding hydrogens is 292 g/mol. The maximum Gasteiger partial charge on any atom is 0.248 e. The van der Waals surface area contributed by atoms with Gasteiger partial charge in [-0.15, -0.1) is 0 Å². The molecule has 2 aromatic rings. The maximum atomic E-state index is 14.4. The first-order valence-electron chi connectivity index (χ1n) is 6.50. The number of benzene rings is 2. The van der Waals surface area contributed by atoms with Crippen LogP contribution in [0.2, 0.25) is 0 Å². The summed E-state index contributed by atoms with van der Waals surface area (Å²) in [5.41, 5.74) is 12.9. The van der Waals surface area contributed by atoms with Gasteiger partial charge in [0.05, 0.1) is 18.8 Å². The second kappa shape index (κ2) is 5.27. The first-order chi connectivity index (χ1) is 10.5. The smallest absolute Gasteiger partial charge is 0.248 e. The summed E-state index contributed by atoms with van der Waals surface area (Å²) in [6, 6.07) is 6.68. The molecule has 0 saturated heterocycles. The highest BCUT2D eigenvalue weighted by Gasteiger charge is 2.28. The van der Waals surface area contributed by atoms with Crippen molar-refractivity contribution in [3.8, 4) is 5.75 Å². The van der Waals surface area contributed by atoms with E-state index in [1.807, 2.05) is 0 Å². The lowest BCUT2D eigenvalue weighted by atomic mass is 9.96. The number of hydrazine groups is 1. The molecule has 7 heteroatoms. The third-order valence-corrected chi connectivity index (χ3v) is 3.59. The monoisotopic (exact) mass is 305 g/mol. The molecule has 1 heterocycles. The molecule has 5 nitrogen and oxygen atoms in total. The van der Waals surface area contributed by atoms with Crippen LogP contribution in [0.15, 0.2) is 30.3 Å². The Balaban J connectivity index is 2.10. The normalized spacial score (nSPS) is 16.0. The molecule has 0 bridgehead atoms. The van der Waals surface area contributed by atoms with Crippen LogP contribution in [0.1, 0.15) is 27.5 Å². The number of hydrogen-bond donors (Lipinski definition) is 3. The van der Waals surface area contributed by atoms with E-state index in [0.717, 1.165) is 6.07 Å². The number of nitrogens with one attached hydrogen (secondary N) is 2. The van der Waals surface area contributed by atoms with E-state index >= 15 is 0 Å². The summed E-state index contributed by atoms with van der Waals surface area (Å²) in [6.07, 6.45) is 0. The fourth-order valence-electron chi connectivity index (χ4n) is 2.50. The van der Waals surface area contributed by atoms with Gasteiger partial charge in [-0.25, -0.2) is 14.2 Å². The van der Waals surface area contributed by atoms with E-state index < -0.39 is 29.3 Å². The van der Waals surface area contributed by atoms with Gasteiger partial charge in [0.1, 0.15) is 0 Å². The number of rotatable bonds is 3. The van der Waals surface area contributed by atoms with Crippen molar-refractivity contribution in [3.05, 3.63) is 58.7 Å². The van der Waals surface area contributed by atoms with Gasteiger partial charge in [-0.05, 0) is 24.3 Å². The molecule has 2 aromatic carbocycles. The van der Waals surface area contributed by atoms with Crippen LogP contribution in [0.3, 0.4) is 0 Å². The van der Waals surface area contributed by atoms with Crippen molar-refractivity contribution in [3.63, 3.8) is 0 Å². The molecule has 4 N–H and O–H groups in total. The van der Waals surface area contributed by atoms with E-state index in [1.54, 1.807) is 18.2 Å². The molecule has 0 aliphatic carbocycles. The van der Waals surface area contributed by atoms with Crippen LogP contribution in [0.5, 0.6) is 5.75 Å². The van der Waals surface area contributed by atoms with Crippen LogP contribution in [-0.4, -0.2) is 13.0 Å². The van der Waals surface area contributed by atoms with E-state index in [4.69, 9.17) is 10.5 Å². The third-order valence-electron chi connectivity index (χ3n) is 3.59. The minimum Gasteiger partial charge on any atom is -0.491 e. The maximum absolute atomic E-state index is 14.4. The highest BCUT2D eigenvalue weighted by Crippen LogP contribution is 2.37. The topological polar surface area (TPSA) is 76.4 Å². The van der Waals surface area contributed by atoms with Crippen molar-refractivity contribution >= 4 is 11.6 Å². The number of nitrogens with two attached hydrogens (primary N) is 1. The summed E-state index contributed by atoms with van der Waals surface area (Å²) in [7, 11) is 1.20. The van der Waals surface area contributed by atoms with Crippen LogP contribution in [-0.2, 0) is 0 Å². The first kappa shape index (κ1) is 14.3. The van der Waals surface area contributed by atoms with Crippen molar-refractivity contribution in [2.45, 2.75) is 6.04 Å². The highest BCUT2D eigenvalue weighted by atomic mass is 19.1. The Labute approximate surface area is 125 Å². The molecule has 0 aromatic heterocycles. The van der Waals surface area contributed by atoms with E-state index in [2.05, 4.69) is 10.9 Å². The molecule has 0 saturated carbocycles. The quantitative estimate of drug-likeness (QED) is 0.811. The predicted molar refractivity (Wildman–Crippen MR) is 76.5 cm³/mol. The summed E-state index contributed by atoms with van der Waals surface area (Å²) in [4.78, 5) is 11.3. The molecule has 0 spiro atoms. The van der Waals surface area contributed by atoms with Crippen molar-refractivity contribution in [1.82, 2.24) is 5.43 Å². The average molecular weight is 305 g/mol. The fraction of sp³-hybridized carbons (Fsp3) is 0.133. The lowest BCUT2D eigenvalue weighted by Gasteiger charge is -2.15. The van der Waals surface area contributed by atoms with Crippen LogP contribution < -0.4 is 21.3 Å². The first-order valence-corrected chi connectivity index (χ1v) is 6.50. The molecule has 0 radical (unpaired) electrons. The van der Waals surface area contributed by atoms with Crippen molar-refractivity contribution in [2.75, 3.05) is 12.5 Å². The summed E-state index contributed by atoms with van der Waals surface area (Å²) in [5, 5.41) is 0. The fourth-order valence-corrected chi connectivity index (χ4v) is 2.50. The second-order valence-electron chi connectivity index (χ2n) is 4.85. The molecular formula is C15H13F2N3O2. The van der Waals surface area contributed by atoms with Gasteiger partial charge >= 0.3 is 0 Å². The zero-order valence-electron chi connectivity index (χ0n) is 11.6. The lowest BCUT2D eigenvalue weighted by molar-refractivity contribution is 0.1000. The van der Waals surface area contributed by atoms with Gasteiger partial charge in [0, 0.05) is 16.7 Å². The minimum absolute atomic E-state index is 0.200. The van der Waals surface area contributed by atoms with Gasteiger partial charge in [-0.3, -0.25) is 4.79 Å². The van der Waals surface area contributed by atoms with Gasteiger partial charge in [0.15, 0.2) is 17.4 Å². The average Bonchev–Trinajstić information content (AvgIpc) is 2.91. The highest BCUT2D eigenvalue weighted by molar-refractivity contribution is 5.93. The van der Waals surface area contributed by atoms with Gasteiger partial charge in [-0.1, -0.05) is 6.07 Å². The molecule has 1 amide bonds. The lowest BCUT2D eigenvalue weighted by Crippen LogP contribution is -2.21. The molecule has 0 fully saturated rings. The standard InChI is InChI=1S/C15H13F2N3O2/c1-22-14-10(16)4-3-8(12(14)17)13-9-6-7(15(18)21)2-5-11(9)19-20-13/h2-6,13,19-20H,1H3,(H2,18,21). The Morgan fingerprint density at radius 3 is 2.68 bits per heavy atom. The van der Waals surface area contributed by atoms with E-state index in [9.17, 15) is 13.6 Å². The Morgan fingerprint density at radius 2 is 2.00 bits per heavy atom. The zero-order valence-corrected chi connectivity index (χ0v) is 11.6. The van der Waals surface area contributed by atoms with Crippen LogP contribution in [0.4, 0.5) is 14.5 Å². The van der Waals surface area contributed by atoms with Crippen molar-refractivity contribution < 1.29 is 18.3 Å². The zero-order chi connectivity index (χ0) is 15.9. The second-order valence-corrected chi connectivity index (χ2v) is 4.85. The number of carbonyl (C=O) groups is 1. The summed E-state index contributed by atoms with van der Waals surface area (Å²) < 4.78 is 32.7. The number of primary amides is 1. The molecule has 1 unspecified atom stereocenters. The Bertz CT molecular complexity index is 765. The van der Waals surface area contributed by atoms with Gasteiger partial charge in [0.25, 0.3) is 0 Å². The Kier molecular flexibility index (Phi) is 3.42. The third kappa shape index (κ3) is 2.15. The molecule has 3 rings (SSSR count). The molecule has 1 aliphatic heterocycles. The largest absolute Gasteiger partial charge is 0.491 e. The van der Waals surface area contributed by atoms with Gasteiger partial charge < -0.3 is 15.9 Å². The number of carbonyl (C=O) groups excluding carboxylic acids is 1. The van der Waals surface area contributed by atoms with Crippen LogP contribution >= 0.6 is 0 Å². The SMILES string of the molecule is COc1c(F)ccc(C2NNc3ccc(C(N)=O)cc32)c1F. The Hall–Kier alpha value is -2.67. The number of ether oxygens (including phenoxy) is 1. The number of halogens is 2. The number of methoxy groups -OCH3 is 1. The van der Waals surface area contributed by atoms with Crippen LogP contribution in [0.25, 0.3) is 0 Å². The van der Waals surface area contributed by atoms with Crippen molar-refractivity contribution in [2.24, 2.45) is 5.73 Å². The van der Waals surface area contributed by atoms with Crippen LogP contribution in [0, 0.1) is 11.6 Å². The van der Waals surface area contributed by atoms with E-state index in [1.165, 1.54) is 13.2 Å². The molecule has 22 heavy (non-hydrogen) atoms. The number of anilines is 1. The number of hydrogen-bond acceptors (Lipinski definition) is 4. The minimum atomic E-state index is -0.792. The van der Waals surface area contributed by atoms with Crippen molar-refractivity contribution in [1.29, 1.82) is 0 Å². The molecule has 1 aliphatic rings. The predicted octanol–water partition coefficient (Wildman–Crippen LogP) is 2.09. The Morgan fingerprint density at radius 1 is 1.23 bits per heavy atom. The summed E-state index contributed by atoms with van der Waals surface area (Å²) >= 11 is 0. The van der Waals surface area contributed by atoms with Gasteiger partial charge in [0.2, 0.25) is 5.91 Å². The number of amides is 1.